The zero-order chi connectivity index (χ0) is 7.71. The number of halogens is 1. The van der Waals surface area contributed by atoms with E-state index in [0.29, 0.717) is 0 Å². The Bertz CT molecular complexity index is 151. The van der Waals surface area contributed by atoms with Crippen LogP contribution in [0.25, 0.3) is 0 Å². The second-order valence-electron chi connectivity index (χ2n) is 1.02. The van der Waals surface area contributed by atoms with Crippen molar-refractivity contribution in [2.45, 2.75) is 0 Å². The fourth-order valence-electron chi connectivity index (χ4n) is 0.131. The molecule has 0 aliphatic heterocycles. The quantitative estimate of drug-likeness (QED) is 0.508. The largest absolute Gasteiger partial charge is 0.477 e. The van der Waals surface area contributed by atoms with Crippen LogP contribution in [0.2, 0.25) is 0 Å². The van der Waals surface area contributed by atoms with Gasteiger partial charge >= 0.3 is 13.1 Å². The smallest absolute Gasteiger partial charge is 0.317 e. The van der Waals surface area contributed by atoms with Crippen LogP contribution in [0.1, 0.15) is 0 Å². The highest BCUT2D eigenvalue weighted by atomic mass is 127. The van der Waals surface area contributed by atoms with Crippen molar-refractivity contribution in [3.63, 3.8) is 0 Å². The van der Waals surface area contributed by atoms with E-state index in [1.807, 2.05) is 0 Å². The van der Waals surface area contributed by atoms with Crippen molar-refractivity contribution in [1.29, 1.82) is 0 Å². The van der Waals surface area contributed by atoms with Gasteiger partial charge in [0.2, 0.25) is 0 Å². The van der Waals surface area contributed by atoms with Crippen LogP contribution in [-0.2, 0) is 13.4 Å². The maximum Gasteiger partial charge on any atom is 0.477 e. The summed E-state index contributed by atoms with van der Waals surface area (Å²) in [7, 11) is -4.81. The Kier molecular flexibility index (Phi) is 3.30. The van der Waals surface area contributed by atoms with E-state index in [4.69, 9.17) is 14.7 Å². The number of phosphoric acid groups is 1. The van der Waals surface area contributed by atoms with Gasteiger partial charge in [-0.3, -0.25) is 0 Å². The summed E-state index contributed by atoms with van der Waals surface area (Å²) in [5, 5.41) is -4.08. The molecule has 0 amide bonds. The van der Waals surface area contributed by atoms with E-state index in [-0.39, 0.29) is 0 Å². The molecular weight excluding hydrogens is 285 g/mol. The summed E-state index contributed by atoms with van der Waals surface area (Å²) in [5.41, 5.74) is 0. The molecule has 0 aliphatic rings. The Hall–Kier alpha value is 1.03. The van der Waals surface area contributed by atoms with Crippen LogP contribution in [0.5, 0.6) is 0 Å². The second kappa shape index (κ2) is 2.96. The molecule has 0 spiro atoms. The zero-order valence-corrected chi connectivity index (χ0v) is 7.79. The third-order valence-electron chi connectivity index (χ3n) is 0.207. The maximum absolute atomic E-state index is 10.1. The lowest BCUT2D eigenvalue weighted by Crippen LogP contribution is -1.79. The maximum atomic E-state index is 10.1. The molecular formula is H3IO6P2. The standard InChI is InChI=1S/H3IO6P2/c1-8(2,3)7-9(4,5)6/h(H,2,3)(H2,4,5,6). The predicted octanol–water partition coefficient (Wildman–Crippen LogP) is 0.631. The number of rotatable bonds is 2. The summed E-state index contributed by atoms with van der Waals surface area (Å²) in [6.07, 6.45) is 0. The molecule has 6 nitrogen and oxygen atoms in total. The molecule has 0 rings (SSSR count). The summed E-state index contributed by atoms with van der Waals surface area (Å²) in [6.45, 7) is 0. The zero-order valence-electron chi connectivity index (χ0n) is 3.84. The normalized spacial score (nSPS) is 19.1. The molecule has 0 radical (unpaired) electrons. The molecule has 0 saturated heterocycles. The van der Waals surface area contributed by atoms with E-state index in [9.17, 15) is 9.13 Å². The van der Waals surface area contributed by atoms with Gasteiger partial charge in [0.1, 0.15) is 0 Å². The van der Waals surface area contributed by atoms with Crippen LogP contribution in [0.4, 0.5) is 0 Å². The van der Waals surface area contributed by atoms with Gasteiger partial charge in [0.15, 0.2) is 0 Å². The minimum Gasteiger partial charge on any atom is -0.317 e. The molecule has 9 heavy (non-hydrogen) atoms. The molecule has 3 N–H and O–H groups in total. The van der Waals surface area contributed by atoms with Gasteiger partial charge in [-0.25, -0.2) is 9.13 Å². The fraction of sp³-hybridized carbons (Fsp3) is 0. The molecule has 1 unspecified atom stereocenters. The van der Waals surface area contributed by atoms with E-state index < -0.39 is 13.1 Å². The Balaban J connectivity index is 4.07. The first-order valence-corrected chi connectivity index (χ1v) is 7.39. The van der Waals surface area contributed by atoms with Crippen molar-refractivity contribution in [1.82, 2.24) is 0 Å². The van der Waals surface area contributed by atoms with Crippen LogP contribution < -0.4 is 0 Å². The minimum atomic E-state index is -4.81. The molecule has 56 valence electrons. The highest BCUT2D eigenvalue weighted by Crippen LogP contribution is 2.62. The molecule has 0 saturated carbocycles. The van der Waals surface area contributed by atoms with Gasteiger partial charge in [0.05, 0.1) is 22.0 Å². The molecule has 0 fully saturated rings. The summed E-state index contributed by atoms with van der Waals surface area (Å²) in [6, 6.07) is 0. The highest BCUT2D eigenvalue weighted by Gasteiger charge is 2.26. The highest BCUT2D eigenvalue weighted by molar-refractivity contribution is 14.2. The van der Waals surface area contributed by atoms with Crippen LogP contribution in [0, 0.1) is 0 Å². The number of hydrogen-bond acceptors (Lipinski definition) is 3. The van der Waals surface area contributed by atoms with Gasteiger partial charge in [-0.05, 0) is 0 Å². The fourth-order valence-corrected chi connectivity index (χ4v) is 3.25. The van der Waals surface area contributed by atoms with E-state index in [1.54, 1.807) is 0 Å². The third kappa shape index (κ3) is 9.03. The summed E-state index contributed by atoms with van der Waals surface area (Å²) in [4.78, 5) is 24.0. The molecule has 0 bridgehead atoms. The third-order valence-corrected chi connectivity index (χ3v) is 3.45. The van der Waals surface area contributed by atoms with Gasteiger partial charge in [-0.15, -0.1) is 0 Å². The first-order chi connectivity index (χ1) is 3.71. The van der Waals surface area contributed by atoms with Crippen molar-refractivity contribution in [2.24, 2.45) is 0 Å². The van der Waals surface area contributed by atoms with Crippen LogP contribution in [0.3, 0.4) is 0 Å². The van der Waals surface area contributed by atoms with Crippen molar-refractivity contribution >= 4 is 35.1 Å². The Morgan fingerprint density at radius 3 is 1.56 bits per heavy atom. The molecule has 0 aliphatic carbocycles. The van der Waals surface area contributed by atoms with Crippen LogP contribution in [-0.4, -0.2) is 14.7 Å². The average Bonchev–Trinajstić information content (AvgIpc) is 1.14. The minimum absolute atomic E-state index is 0.898. The van der Waals surface area contributed by atoms with Gasteiger partial charge in [-0.2, -0.15) is 4.31 Å². The van der Waals surface area contributed by atoms with Gasteiger partial charge in [0.25, 0.3) is 0 Å². The van der Waals surface area contributed by atoms with Gasteiger partial charge in [-0.1, -0.05) is 0 Å². The summed E-state index contributed by atoms with van der Waals surface area (Å²) < 4.78 is 23.2. The molecule has 1 atom stereocenters. The Labute approximate surface area is 63.5 Å². The van der Waals surface area contributed by atoms with Crippen molar-refractivity contribution in [3.05, 3.63) is 0 Å². The Morgan fingerprint density at radius 1 is 1.22 bits per heavy atom. The lowest BCUT2D eigenvalue weighted by molar-refractivity contribution is 0.272. The summed E-state index contributed by atoms with van der Waals surface area (Å²) in [5.74, 6) is 0. The summed E-state index contributed by atoms with van der Waals surface area (Å²) >= 11 is 0.898. The average molecular weight is 288 g/mol. The van der Waals surface area contributed by atoms with Crippen molar-refractivity contribution in [3.8, 4) is 0 Å². The van der Waals surface area contributed by atoms with E-state index in [0.717, 1.165) is 22.0 Å². The van der Waals surface area contributed by atoms with E-state index in [1.165, 1.54) is 0 Å². The number of hydrogen-bond donors (Lipinski definition) is 3. The molecule has 0 aromatic heterocycles. The topological polar surface area (TPSA) is 104 Å². The molecule has 0 aromatic rings. The van der Waals surface area contributed by atoms with Crippen LogP contribution >= 0.6 is 35.1 Å². The van der Waals surface area contributed by atoms with E-state index >= 15 is 0 Å². The van der Waals surface area contributed by atoms with Crippen LogP contribution in [0.15, 0.2) is 0 Å². The van der Waals surface area contributed by atoms with E-state index in [2.05, 4.69) is 4.31 Å². The monoisotopic (exact) mass is 288 g/mol. The first kappa shape index (κ1) is 10.0. The van der Waals surface area contributed by atoms with Crippen molar-refractivity contribution < 1.29 is 28.1 Å². The second-order valence-corrected chi connectivity index (χ2v) is 7.22. The predicted molar refractivity (Wildman–Crippen MR) is 37.0 cm³/mol. The van der Waals surface area contributed by atoms with Gasteiger partial charge in [0, 0.05) is 0 Å². The molecule has 9 heteroatoms. The lowest BCUT2D eigenvalue weighted by Gasteiger charge is -2.03. The molecule has 0 aromatic carbocycles. The SMILES string of the molecule is O=P(O)(O)OP(=O)(O)I. The lowest BCUT2D eigenvalue weighted by atomic mass is 15.7. The molecule has 0 heterocycles. The van der Waals surface area contributed by atoms with Gasteiger partial charge < -0.3 is 14.7 Å². The first-order valence-electron chi connectivity index (χ1n) is 1.50. The van der Waals surface area contributed by atoms with Crippen molar-refractivity contribution in [2.75, 3.05) is 0 Å². The Morgan fingerprint density at radius 2 is 1.56 bits per heavy atom.